The summed E-state index contributed by atoms with van der Waals surface area (Å²) in [5, 5.41) is 7.28. The minimum atomic E-state index is -0.0389. The molecule has 5 nitrogen and oxygen atoms in total. The van der Waals surface area contributed by atoms with Gasteiger partial charge in [-0.05, 0) is 32.8 Å². The summed E-state index contributed by atoms with van der Waals surface area (Å²) in [5.41, 5.74) is 5.50. The summed E-state index contributed by atoms with van der Waals surface area (Å²) >= 11 is 0. The van der Waals surface area contributed by atoms with Crippen molar-refractivity contribution in [1.29, 1.82) is 0 Å². The van der Waals surface area contributed by atoms with Crippen molar-refractivity contribution in [3.05, 3.63) is 52.3 Å². The molecular weight excluding hydrogens is 302 g/mol. The number of carbonyl (C=O) groups is 1. The Morgan fingerprint density at radius 2 is 2.04 bits per heavy atom. The van der Waals surface area contributed by atoms with Crippen LogP contribution in [0.25, 0.3) is 0 Å². The highest BCUT2D eigenvalue weighted by molar-refractivity contribution is 5.77. The van der Waals surface area contributed by atoms with Crippen LogP contribution in [0.1, 0.15) is 40.5 Å². The second-order valence-corrected chi connectivity index (χ2v) is 6.51. The number of nitrogens with zero attached hydrogens (tertiary/aromatic N) is 2. The van der Waals surface area contributed by atoms with Gasteiger partial charge in [0.2, 0.25) is 5.91 Å². The number of amides is 1. The summed E-state index contributed by atoms with van der Waals surface area (Å²) in [5.74, 6) is 0.184. The number of H-pyrrole nitrogens is 1. The summed E-state index contributed by atoms with van der Waals surface area (Å²) in [6.45, 7) is 7.83. The lowest BCUT2D eigenvalue weighted by molar-refractivity contribution is -0.140. The predicted octanol–water partition coefficient (Wildman–Crippen LogP) is 2.87. The van der Waals surface area contributed by atoms with Crippen molar-refractivity contribution in [3.8, 4) is 0 Å². The number of benzene rings is 1. The third kappa shape index (κ3) is 3.51. The van der Waals surface area contributed by atoms with Crippen LogP contribution in [-0.4, -0.2) is 40.8 Å². The normalized spacial score (nSPS) is 18.0. The van der Waals surface area contributed by atoms with Crippen molar-refractivity contribution in [3.63, 3.8) is 0 Å². The number of rotatable bonds is 4. The molecule has 0 radical (unpaired) electrons. The summed E-state index contributed by atoms with van der Waals surface area (Å²) in [4.78, 5) is 14.8. The van der Waals surface area contributed by atoms with Gasteiger partial charge in [-0.15, -0.1) is 0 Å². The monoisotopic (exact) mass is 327 g/mol. The largest absolute Gasteiger partial charge is 0.377 e. The van der Waals surface area contributed by atoms with E-state index >= 15 is 0 Å². The molecule has 3 rings (SSSR count). The molecule has 1 fully saturated rings. The van der Waals surface area contributed by atoms with Gasteiger partial charge in [-0.25, -0.2) is 0 Å². The van der Waals surface area contributed by atoms with Crippen LogP contribution in [0.15, 0.2) is 24.3 Å². The lowest BCUT2D eigenvalue weighted by Crippen LogP contribution is -2.43. The van der Waals surface area contributed by atoms with E-state index in [0.717, 1.165) is 23.4 Å². The summed E-state index contributed by atoms with van der Waals surface area (Å²) < 4.78 is 5.64. The molecule has 2 aromatic rings. The molecule has 1 saturated heterocycles. The summed E-state index contributed by atoms with van der Waals surface area (Å²) in [6.07, 6.45) is 1.29. The molecule has 1 aliphatic heterocycles. The van der Waals surface area contributed by atoms with Gasteiger partial charge >= 0.3 is 0 Å². The van der Waals surface area contributed by atoms with E-state index in [1.165, 1.54) is 11.1 Å². The molecule has 1 atom stereocenters. The zero-order valence-corrected chi connectivity index (χ0v) is 14.6. The Labute approximate surface area is 143 Å². The van der Waals surface area contributed by atoms with Gasteiger partial charge in [0.1, 0.15) is 0 Å². The first kappa shape index (κ1) is 16.7. The van der Waals surface area contributed by atoms with Gasteiger partial charge in [-0.2, -0.15) is 5.10 Å². The molecule has 24 heavy (non-hydrogen) atoms. The smallest absolute Gasteiger partial charge is 0.223 e. The topological polar surface area (TPSA) is 58.2 Å². The van der Waals surface area contributed by atoms with Gasteiger partial charge < -0.3 is 9.64 Å². The van der Waals surface area contributed by atoms with Crippen LogP contribution in [0, 0.1) is 20.8 Å². The van der Waals surface area contributed by atoms with Crippen molar-refractivity contribution in [2.24, 2.45) is 0 Å². The fraction of sp³-hybridized carbons (Fsp3) is 0.474. The number of carbonyl (C=O) groups excluding carboxylic acids is 1. The molecule has 0 aliphatic carbocycles. The van der Waals surface area contributed by atoms with E-state index in [-0.39, 0.29) is 11.9 Å². The first-order valence-electron chi connectivity index (χ1n) is 8.50. The summed E-state index contributed by atoms with van der Waals surface area (Å²) in [7, 11) is 0. The highest BCUT2D eigenvalue weighted by Gasteiger charge is 2.31. The van der Waals surface area contributed by atoms with Crippen LogP contribution in [0.5, 0.6) is 0 Å². The van der Waals surface area contributed by atoms with Crippen LogP contribution >= 0.6 is 0 Å². The summed E-state index contributed by atoms with van der Waals surface area (Å²) in [6, 6.07) is 8.35. The van der Waals surface area contributed by atoms with Gasteiger partial charge in [0.05, 0.1) is 24.9 Å². The molecule has 0 bridgehead atoms. The molecule has 1 N–H and O–H groups in total. The molecule has 2 heterocycles. The zero-order chi connectivity index (χ0) is 17.1. The van der Waals surface area contributed by atoms with E-state index in [1.54, 1.807) is 0 Å². The Morgan fingerprint density at radius 3 is 2.71 bits per heavy atom. The maximum absolute atomic E-state index is 12.8. The van der Waals surface area contributed by atoms with E-state index < -0.39 is 0 Å². The van der Waals surface area contributed by atoms with Gasteiger partial charge in [-0.3, -0.25) is 9.89 Å². The van der Waals surface area contributed by atoms with Crippen molar-refractivity contribution in [2.45, 2.75) is 39.7 Å². The van der Waals surface area contributed by atoms with Gasteiger partial charge in [0, 0.05) is 24.2 Å². The second-order valence-electron chi connectivity index (χ2n) is 6.51. The fourth-order valence-corrected chi connectivity index (χ4v) is 3.34. The van der Waals surface area contributed by atoms with Gasteiger partial charge in [0.25, 0.3) is 0 Å². The van der Waals surface area contributed by atoms with Crippen LogP contribution < -0.4 is 0 Å². The Kier molecular flexibility index (Phi) is 5.00. The maximum atomic E-state index is 12.8. The Bertz CT molecular complexity index is 686. The zero-order valence-electron chi connectivity index (χ0n) is 14.6. The Balaban J connectivity index is 1.70. The van der Waals surface area contributed by atoms with Crippen LogP contribution in [0.3, 0.4) is 0 Å². The first-order chi connectivity index (χ1) is 11.6. The molecule has 1 unspecified atom stereocenters. The number of hydrogen-bond acceptors (Lipinski definition) is 3. The third-order valence-electron chi connectivity index (χ3n) is 4.72. The highest BCUT2D eigenvalue weighted by atomic mass is 16.5. The Hall–Kier alpha value is -2.14. The average Bonchev–Trinajstić information content (AvgIpc) is 2.92. The number of hydrogen-bond donors (Lipinski definition) is 1. The number of ether oxygens (including phenoxy) is 1. The molecule has 1 aromatic carbocycles. The molecule has 0 saturated carbocycles. The third-order valence-corrected chi connectivity index (χ3v) is 4.72. The van der Waals surface area contributed by atoms with E-state index in [4.69, 9.17) is 4.74 Å². The predicted molar refractivity (Wildman–Crippen MR) is 92.8 cm³/mol. The molecule has 1 aliphatic rings. The minimum Gasteiger partial charge on any atom is -0.377 e. The quantitative estimate of drug-likeness (QED) is 0.939. The van der Waals surface area contributed by atoms with Crippen molar-refractivity contribution >= 4 is 5.91 Å². The van der Waals surface area contributed by atoms with Gasteiger partial charge in [0.15, 0.2) is 0 Å². The van der Waals surface area contributed by atoms with Crippen molar-refractivity contribution < 1.29 is 9.53 Å². The number of aryl methyl sites for hydroxylation is 4. The lowest BCUT2D eigenvalue weighted by atomic mass is 10.0. The maximum Gasteiger partial charge on any atom is 0.223 e. The van der Waals surface area contributed by atoms with Crippen molar-refractivity contribution in [2.75, 3.05) is 19.8 Å². The first-order valence-corrected chi connectivity index (χ1v) is 8.50. The number of nitrogens with one attached hydrogen (secondary N) is 1. The molecule has 0 spiro atoms. The number of aromatic amines is 1. The van der Waals surface area contributed by atoms with Crippen LogP contribution in [0.4, 0.5) is 0 Å². The van der Waals surface area contributed by atoms with Crippen LogP contribution in [0.2, 0.25) is 0 Å². The van der Waals surface area contributed by atoms with Gasteiger partial charge in [-0.1, -0.05) is 29.8 Å². The molecule has 1 amide bonds. The number of morpholine rings is 1. The lowest BCUT2D eigenvalue weighted by Gasteiger charge is -2.36. The minimum absolute atomic E-state index is 0.0389. The highest BCUT2D eigenvalue weighted by Crippen LogP contribution is 2.29. The molecule has 128 valence electrons. The van der Waals surface area contributed by atoms with E-state index in [1.807, 2.05) is 18.7 Å². The van der Waals surface area contributed by atoms with Crippen molar-refractivity contribution in [1.82, 2.24) is 15.1 Å². The van der Waals surface area contributed by atoms with Crippen LogP contribution in [-0.2, 0) is 16.0 Å². The van der Waals surface area contributed by atoms with E-state index in [9.17, 15) is 4.79 Å². The fourth-order valence-electron chi connectivity index (χ4n) is 3.34. The Morgan fingerprint density at radius 1 is 1.29 bits per heavy atom. The molecule has 5 heteroatoms. The molecule has 1 aromatic heterocycles. The van der Waals surface area contributed by atoms with E-state index in [2.05, 4.69) is 41.4 Å². The second kappa shape index (κ2) is 7.18. The number of aromatic nitrogens is 2. The molecular formula is C19H25N3O2. The average molecular weight is 327 g/mol. The SMILES string of the molecule is Cc1ccc(CCC(=O)N2CCOCC2c2c(C)n[nH]c2C)cc1. The standard InChI is InChI=1S/C19H25N3O2/c1-13-4-6-16(7-5-13)8-9-18(23)22-10-11-24-12-17(22)19-14(2)20-21-15(19)3/h4-7,17H,8-12H2,1-3H3,(H,20,21). The van der Waals surface area contributed by atoms with E-state index in [0.29, 0.717) is 26.2 Å².